The van der Waals surface area contributed by atoms with Crippen LogP contribution in [0.4, 0.5) is 0 Å². The number of rotatable bonds is 6. The van der Waals surface area contributed by atoms with Crippen LogP contribution in [0.2, 0.25) is 0 Å². The molecule has 1 aliphatic rings. The topological polar surface area (TPSA) is 21.3 Å². The van der Waals surface area contributed by atoms with Crippen LogP contribution in [0, 0.1) is 5.92 Å². The monoisotopic (exact) mass is 227 g/mol. The lowest BCUT2D eigenvalue weighted by Gasteiger charge is -2.28. The first-order valence-electron chi connectivity index (χ1n) is 7.04. The molecule has 1 N–H and O–H groups in total. The summed E-state index contributed by atoms with van der Waals surface area (Å²) >= 11 is 0. The average Bonchev–Trinajstić information content (AvgIpc) is 2.52. The van der Waals surface area contributed by atoms with Crippen LogP contribution in [-0.4, -0.2) is 25.8 Å². The second-order valence-corrected chi connectivity index (χ2v) is 5.24. The maximum absolute atomic E-state index is 5.42. The molecule has 0 saturated heterocycles. The Balaban J connectivity index is 2.44. The zero-order chi connectivity index (χ0) is 11.8. The molecule has 2 heteroatoms. The fraction of sp³-hybridized carbons (Fsp3) is 1.00. The summed E-state index contributed by atoms with van der Waals surface area (Å²) in [5.74, 6) is 0.823. The minimum atomic E-state index is 0.411. The van der Waals surface area contributed by atoms with Crippen molar-refractivity contribution in [3.8, 4) is 0 Å². The van der Waals surface area contributed by atoms with Gasteiger partial charge in [-0.05, 0) is 45.1 Å². The van der Waals surface area contributed by atoms with Crippen molar-refractivity contribution in [1.29, 1.82) is 0 Å². The molecular weight excluding hydrogens is 198 g/mol. The predicted molar refractivity (Wildman–Crippen MR) is 69.7 cm³/mol. The summed E-state index contributed by atoms with van der Waals surface area (Å²) in [6.45, 7) is 5.61. The molecule has 0 bridgehead atoms. The molecule has 1 rings (SSSR count). The summed E-state index contributed by atoms with van der Waals surface area (Å²) in [5.41, 5.74) is 0. The van der Waals surface area contributed by atoms with Gasteiger partial charge in [-0.2, -0.15) is 0 Å². The molecule has 0 aromatic carbocycles. The van der Waals surface area contributed by atoms with Gasteiger partial charge in [-0.15, -0.1) is 0 Å². The van der Waals surface area contributed by atoms with Gasteiger partial charge in [-0.25, -0.2) is 0 Å². The molecule has 0 heterocycles. The molecule has 2 nitrogen and oxygen atoms in total. The zero-order valence-electron chi connectivity index (χ0n) is 11.3. The standard InChI is InChI=1S/C14H29NO/c1-4-10-15-14-9-7-5-6-8-13(14)11-12(2)16-3/h12-15H,4-11H2,1-3H3. The van der Waals surface area contributed by atoms with Gasteiger partial charge in [0, 0.05) is 13.2 Å². The normalized spacial score (nSPS) is 28.7. The van der Waals surface area contributed by atoms with E-state index in [9.17, 15) is 0 Å². The quantitative estimate of drug-likeness (QED) is 0.703. The van der Waals surface area contributed by atoms with E-state index in [1.807, 2.05) is 7.11 Å². The van der Waals surface area contributed by atoms with Crippen LogP contribution in [-0.2, 0) is 4.74 Å². The maximum Gasteiger partial charge on any atom is 0.0546 e. The summed E-state index contributed by atoms with van der Waals surface area (Å²) in [6.07, 6.45) is 9.85. The molecular formula is C14H29NO. The lowest BCUT2D eigenvalue weighted by atomic mass is 9.89. The van der Waals surface area contributed by atoms with Gasteiger partial charge in [-0.1, -0.05) is 26.2 Å². The Morgan fingerprint density at radius 3 is 2.69 bits per heavy atom. The van der Waals surface area contributed by atoms with Gasteiger partial charge in [0.25, 0.3) is 0 Å². The molecule has 0 amide bonds. The highest BCUT2D eigenvalue weighted by atomic mass is 16.5. The van der Waals surface area contributed by atoms with E-state index in [2.05, 4.69) is 19.2 Å². The highest BCUT2D eigenvalue weighted by Gasteiger charge is 2.24. The van der Waals surface area contributed by atoms with Gasteiger partial charge in [0.1, 0.15) is 0 Å². The number of nitrogens with one attached hydrogen (secondary N) is 1. The van der Waals surface area contributed by atoms with Crippen molar-refractivity contribution in [3.63, 3.8) is 0 Å². The number of hydrogen-bond donors (Lipinski definition) is 1. The first kappa shape index (κ1) is 14.0. The highest BCUT2D eigenvalue weighted by molar-refractivity contribution is 4.80. The minimum absolute atomic E-state index is 0.411. The fourth-order valence-electron chi connectivity index (χ4n) is 2.79. The number of ether oxygens (including phenoxy) is 1. The van der Waals surface area contributed by atoms with E-state index in [0.717, 1.165) is 12.0 Å². The number of methoxy groups -OCH3 is 1. The van der Waals surface area contributed by atoms with Crippen LogP contribution in [0.15, 0.2) is 0 Å². The molecule has 1 saturated carbocycles. The Bertz CT molecular complexity index is 172. The molecule has 96 valence electrons. The van der Waals surface area contributed by atoms with Crippen molar-refractivity contribution in [1.82, 2.24) is 5.32 Å². The summed E-state index contributed by atoms with van der Waals surface area (Å²) in [5, 5.41) is 3.74. The van der Waals surface area contributed by atoms with Crippen LogP contribution < -0.4 is 5.32 Å². The van der Waals surface area contributed by atoms with Crippen LogP contribution in [0.3, 0.4) is 0 Å². The van der Waals surface area contributed by atoms with E-state index in [0.29, 0.717) is 6.10 Å². The SMILES string of the molecule is CCCNC1CCCCCC1CC(C)OC. The fourth-order valence-corrected chi connectivity index (χ4v) is 2.79. The summed E-state index contributed by atoms with van der Waals surface area (Å²) in [6, 6.07) is 0.736. The molecule has 1 fully saturated rings. The van der Waals surface area contributed by atoms with Crippen molar-refractivity contribution in [2.24, 2.45) is 5.92 Å². The molecule has 0 spiro atoms. The minimum Gasteiger partial charge on any atom is -0.382 e. The van der Waals surface area contributed by atoms with Gasteiger partial charge >= 0.3 is 0 Å². The third kappa shape index (κ3) is 4.84. The molecule has 0 aliphatic heterocycles. The largest absolute Gasteiger partial charge is 0.382 e. The molecule has 3 atom stereocenters. The van der Waals surface area contributed by atoms with Crippen molar-refractivity contribution < 1.29 is 4.74 Å². The van der Waals surface area contributed by atoms with Crippen molar-refractivity contribution in [2.75, 3.05) is 13.7 Å². The Morgan fingerprint density at radius 2 is 2.00 bits per heavy atom. The Labute approximate surface area is 101 Å². The van der Waals surface area contributed by atoms with Gasteiger partial charge in [-0.3, -0.25) is 0 Å². The Hall–Kier alpha value is -0.0800. The van der Waals surface area contributed by atoms with Crippen molar-refractivity contribution in [3.05, 3.63) is 0 Å². The van der Waals surface area contributed by atoms with E-state index < -0.39 is 0 Å². The summed E-state index contributed by atoms with van der Waals surface area (Å²) < 4.78 is 5.42. The van der Waals surface area contributed by atoms with Gasteiger partial charge in [0.2, 0.25) is 0 Å². The first-order valence-corrected chi connectivity index (χ1v) is 7.04. The Morgan fingerprint density at radius 1 is 1.25 bits per heavy atom. The van der Waals surface area contributed by atoms with E-state index in [1.54, 1.807) is 0 Å². The van der Waals surface area contributed by atoms with Crippen LogP contribution in [0.25, 0.3) is 0 Å². The third-order valence-electron chi connectivity index (χ3n) is 3.85. The first-order chi connectivity index (χ1) is 7.77. The summed E-state index contributed by atoms with van der Waals surface area (Å²) in [4.78, 5) is 0. The lowest BCUT2D eigenvalue weighted by Crippen LogP contribution is -2.37. The molecule has 0 aromatic heterocycles. The van der Waals surface area contributed by atoms with Crippen molar-refractivity contribution >= 4 is 0 Å². The predicted octanol–water partition coefficient (Wildman–Crippen LogP) is 3.36. The van der Waals surface area contributed by atoms with Crippen molar-refractivity contribution in [2.45, 2.75) is 70.9 Å². The van der Waals surface area contributed by atoms with Gasteiger partial charge in [0.05, 0.1) is 6.10 Å². The molecule has 1 aliphatic carbocycles. The number of hydrogen-bond acceptors (Lipinski definition) is 2. The van der Waals surface area contributed by atoms with E-state index in [4.69, 9.17) is 4.74 Å². The smallest absolute Gasteiger partial charge is 0.0546 e. The van der Waals surface area contributed by atoms with Crippen LogP contribution >= 0.6 is 0 Å². The summed E-state index contributed by atoms with van der Waals surface area (Å²) in [7, 11) is 1.83. The Kier molecular flexibility index (Phi) is 7.06. The van der Waals surface area contributed by atoms with Crippen LogP contribution in [0.1, 0.15) is 58.8 Å². The van der Waals surface area contributed by atoms with E-state index >= 15 is 0 Å². The second kappa shape index (κ2) is 8.08. The van der Waals surface area contributed by atoms with Gasteiger partial charge in [0.15, 0.2) is 0 Å². The molecule has 0 radical (unpaired) electrons. The van der Waals surface area contributed by atoms with Crippen LogP contribution in [0.5, 0.6) is 0 Å². The zero-order valence-corrected chi connectivity index (χ0v) is 11.3. The third-order valence-corrected chi connectivity index (χ3v) is 3.85. The average molecular weight is 227 g/mol. The van der Waals surface area contributed by atoms with Gasteiger partial charge < -0.3 is 10.1 Å². The second-order valence-electron chi connectivity index (χ2n) is 5.24. The molecule has 3 unspecified atom stereocenters. The van der Waals surface area contributed by atoms with E-state index in [1.165, 1.54) is 51.5 Å². The molecule has 0 aromatic rings. The highest BCUT2D eigenvalue weighted by Crippen LogP contribution is 2.27. The van der Waals surface area contributed by atoms with E-state index in [-0.39, 0.29) is 0 Å². The lowest BCUT2D eigenvalue weighted by molar-refractivity contribution is 0.0859. The molecule has 16 heavy (non-hydrogen) atoms. The maximum atomic E-state index is 5.42.